The smallest absolute Gasteiger partial charge is 0.306 e. The molecule has 0 unspecified atom stereocenters. The van der Waals surface area contributed by atoms with Crippen LogP contribution in [0.1, 0.15) is 44.1 Å². The van der Waals surface area contributed by atoms with Gasteiger partial charge in [-0.05, 0) is 75.2 Å². The van der Waals surface area contributed by atoms with Gasteiger partial charge in [-0.1, -0.05) is 19.3 Å². The van der Waals surface area contributed by atoms with Crippen LogP contribution in [0.15, 0.2) is 21.1 Å². The third-order valence-electron chi connectivity index (χ3n) is 4.00. The van der Waals surface area contributed by atoms with E-state index in [4.69, 9.17) is 4.74 Å². The molecule has 0 aromatic heterocycles. The highest BCUT2D eigenvalue weighted by Gasteiger charge is 2.19. The van der Waals surface area contributed by atoms with E-state index in [2.05, 4.69) is 37.2 Å². The lowest BCUT2D eigenvalue weighted by Crippen LogP contribution is -2.22. The fourth-order valence-corrected chi connectivity index (χ4v) is 4.44. The summed E-state index contributed by atoms with van der Waals surface area (Å²) in [6, 6.07) is 3.82. The first kappa shape index (κ1) is 18.5. The first-order valence-electron chi connectivity index (χ1n) is 7.87. The van der Waals surface area contributed by atoms with Crippen molar-refractivity contribution in [2.24, 2.45) is 5.92 Å². The van der Waals surface area contributed by atoms with Crippen molar-refractivity contribution < 1.29 is 14.3 Å². The number of anilines is 1. The van der Waals surface area contributed by atoms with Crippen LogP contribution in [-0.2, 0) is 14.3 Å². The number of carbonyl (C=O) groups is 2. The van der Waals surface area contributed by atoms with E-state index in [9.17, 15) is 9.59 Å². The molecule has 0 spiro atoms. The van der Waals surface area contributed by atoms with Crippen molar-refractivity contribution in [1.29, 1.82) is 0 Å². The van der Waals surface area contributed by atoms with Gasteiger partial charge in [0, 0.05) is 15.4 Å². The molecule has 1 fully saturated rings. The number of ether oxygens (including phenoxy) is 1. The predicted octanol–water partition coefficient (Wildman–Crippen LogP) is 4.97. The number of amides is 1. The number of carbonyl (C=O) groups excluding carboxylic acids is 2. The van der Waals surface area contributed by atoms with Crippen molar-refractivity contribution in [1.82, 2.24) is 0 Å². The highest BCUT2D eigenvalue weighted by molar-refractivity contribution is 9.11. The van der Waals surface area contributed by atoms with Gasteiger partial charge in [-0.3, -0.25) is 9.59 Å². The van der Waals surface area contributed by atoms with Crippen LogP contribution in [0.25, 0.3) is 0 Å². The second-order valence-corrected chi connectivity index (χ2v) is 7.73. The summed E-state index contributed by atoms with van der Waals surface area (Å²) >= 11 is 6.84. The van der Waals surface area contributed by atoms with E-state index in [-0.39, 0.29) is 18.5 Å². The lowest BCUT2D eigenvalue weighted by atomic mass is 9.87. The highest BCUT2D eigenvalue weighted by atomic mass is 79.9. The van der Waals surface area contributed by atoms with Crippen molar-refractivity contribution in [3.05, 3.63) is 26.6 Å². The van der Waals surface area contributed by atoms with Gasteiger partial charge in [0.1, 0.15) is 0 Å². The van der Waals surface area contributed by atoms with E-state index < -0.39 is 0 Å². The Morgan fingerprint density at radius 1 is 1.17 bits per heavy atom. The van der Waals surface area contributed by atoms with Gasteiger partial charge in [0.05, 0.1) is 5.69 Å². The van der Waals surface area contributed by atoms with Gasteiger partial charge in [-0.15, -0.1) is 0 Å². The third kappa shape index (κ3) is 5.92. The Morgan fingerprint density at radius 2 is 1.78 bits per heavy atom. The van der Waals surface area contributed by atoms with Crippen LogP contribution < -0.4 is 5.32 Å². The Kier molecular flexibility index (Phi) is 7.09. The van der Waals surface area contributed by atoms with E-state index in [1.54, 1.807) is 0 Å². The molecule has 126 valence electrons. The monoisotopic (exact) mass is 445 g/mol. The van der Waals surface area contributed by atoms with Crippen LogP contribution >= 0.6 is 31.9 Å². The molecule has 1 saturated carbocycles. The molecule has 1 aromatic rings. The van der Waals surface area contributed by atoms with Crippen LogP contribution in [0.5, 0.6) is 0 Å². The highest BCUT2D eigenvalue weighted by Crippen LogP contribution is 2.32. The molecule has 2 rings (SSSR count). The van der Waals surface area contributed by atoms with E-state index in [1.165, 1.54) is 19.3 Å². The summed E-state index contributed by atoms with van der Waals surface area (Å²) in [7, 11) is 0. The molecule has 1 aromatic carbocycles. The summed E-state index contributed by atoms with van der Waals surface area (Å²) in [4.78, 5) is 23.8. The Hall–Kier alpha value is -0.880. The average molecular weight is 447 g/mol. The first-order valence-corrected chi connectivity index (χ1v) is 9.45. The maximum absolute atomic E-state index is 12.0. The molecule has 0 aliphatic heterocycles. The summed E-state index contributed by atoms with van der Waals surface area (Å²) < 4.78 is 6.67. The fraction of sp³-hybridized carbons (Fsp3) is 0.529. The van der Waals surface area contributed by atoms with Crippen molar-refractivity contribution in [3.63, 3.8) is 0 Å². The van der Waals surface area contributed by atoms with Gasteiger partial charge in [-0.2, -0.15) is 0 Å². The minimum atomic E-state index is -0.341. The average Bonchev–Trinajstić information content (AvgIpc) is 2.50. The number of aryl methyl sites for hydroxylation is 1. The van der Waals surface area contributed by atoms with Crippen LogP contribution in [0.3, 0.4) is 0 Å². The summed E-state index contributed by atoms with van der Waals surface area (Å²) in [6.07, 6.45) is 6.23. The number of benzene rings is 1. The summed E-state index contributed by atoms with van der Waals surface area (Å²) in [6.45, 7) is 1.71. The lowest BCUT2D eigenvalue weighted by Gasteiger charge is -2.20. The summed E-state index contributed by atoms with van der Waals surface area (Å²) in [5.74, 6) is -0.207. The molecule has 1 amide bonds. The van der Waals surface area contributed by atoms with Crippen LogP contribution in [0.4, 0.5) is 5.69 Å². The maximum atomic E-state index is 12.0. The summed E-state index contributed by atoms with van der Waals surface area (Å²) in [5, 5.41) is 2.75. The zero-order valence-electron chi connectivity index (χ0n) is 13.2. The fourth-order valence-electron chi connectivity index (χ4n) is 2.83. The number of hydrogen-bond donors (Lipinski definition) is 1. The number of nitrogens with one attached hydrogen (secondary N) is 1. The number of halogens is 2. The second-order valence-electron chi connectivity index (χ2n) is 6.02. The summed E-state index contributed by atoms with van der Waals surface area (Å²) in [5.41, 5.74) is 1.71. The van der Waals surface area contributed by atoms with Crippen LogP contribution in [0.2, 0.25) is 0 Å². The van der Waals surface area contributed by atoms with E-state index in [0.29, 0.717) is 18.0 Å². The molecule has 0 radical (unpaired) electrons. The van der Waals surface area contributed by atoms with Gasteiger partial charge < -0.3 is 10.1 Å². The lowest BCUT2D eigenvalue weighted by molar-refractivity contribution is -0.148. The number of rotatable bonds is 5. The largest absolute Gasteiger partial charge is 0.456 e. The molecule has 23 heavy (non-hydrogen) atoms. The predicted molar refractivity (Wildman–Crippen MR) is 97.4 cm³/mol. The normalized spacial score (nSPS) is 15.3. The molecule has 1 aliphatic rings. The molecule has 0 bridgehead atoms. The zero-order chi connectivity index (χ0) is 16.8. The SMILES string of the molecule is Cc1cc(Br)c(NC(=O)COC(=O)CC2CCCCC2)c(Br)c1. The minimum absolute atomic E-state index is 0.252. The van der Waals surface area contributed by atoms with Crippen molar-refractivity contribution >= 4 is 49.4 Å². The van der Waals surface area contributed by atoms with Crippen molar-refractivity contribution in [2.75, 3.05) is 11.9 Å². The Balaban J connectivity index is 1.80. The molecule has 6 heteroatoms. The molecule has 4 nitrogen and oxygen atoms in total. The number of hydrogen-bond acceptors (Lipinski definition) is 3. The van der Waals surface area contributed by atoms with E-state index >= 15 is 0 Å². The Labute approximate surface area is 153 Å². The minimum Gasteiger partial charge on any atom is -0.456 e. The van der Waals surface area contributed by atoms with Gasteiger partial charge in [0.25, 0.3) is 5.91 Å². The van der Waals surface area contributed by atoms with Gasteiger partial charge in [0.15, 0.2) is 6.61 Å². The third-order valence-corrected chi connectivity index (χ3v) is 5.25. The molecule has 1 aliphatic carbocycles. The van der Waals surface area contributed by atoms with Crippen LogP contribution in [-0.4, -0.2) is 18.5 Å². The van der Waals surface area contributed by atoms with Crippen LogP contribution in [0, 0.1) is 12.8 Å². The van der Waals surface area contributed by atoms with E-state index in [1.807, 2.05) is 19.1 Å². The molecule has 0 heterocycles. The quantitative estimate of drug-likeness (QED) is 0.649. The second kappa shape index (κ2) is 8.83. The molecular formula is C17H21Br2NO3. The molecular weight excluding hydrogens is 426 g/mol. The Bertz CT molecular complexity index is 560. The van der Waals surface area contributed by atoms with Gasteiger partial charge in [-0.25, -0.2) is 0 Å². The zero-order valence-corrected chi connectivity index (χ0v) is 16.3. The number of esters is 1. The topological polar surface area (TPSA) is 55.4 Å². The standard InChI is InChI=1S/C17H21Br2NO3/c1-11-7-13(18)17(14(19)8-11)20-15(21)10-23-16(22)9-12-5-3-2-4-6-12/h7-8,12H,2-6,9-10H2,1H3,(H,20,21). The first-order chi connectivity index (χ1) is 11.0. The van der Waals surface area contributed by atoms with Crippen molar-refractivity contribution in [2.45, 2.75) is 45.4 Å². The molecule has 0 saturated heterocycles. The van der Waals surface area contributed by atoms with Gasteiger partial charge >= 0.3 is 5.97 Å². The maximum Gasteiger partial charge on any atom is 0.306 e. The van der Waals surface area contributed by atoms with Crippen molar-refractivity contribution in [3.8, 4) is 0 Å². The van der Waals surface area contributed by atoms with Gasteiger partial charge in [0.2, 0.25) is 0 Å². The van der Waals surface area contributed by atoms with E-state index in [0.717, 1.165) is 27.4 Å². The Morgan fingerprint density at radius 3 is 2.39 bits per heavy atom. The molecule has 0 atom stereocenters. The molecule has 1 N–H and O–H groups in total.